The smallest absolute Gasteiger partial charge is 0.348 e. The zero-order valence-electron chi connectivity index (χ0n) is 18.8. The first-order valence-corrected chi connectivity index (χ1v) is 11.1. The van der Waals surface area contributed by atoms with Crippen LogP contribution >= 0.6 is 0 Å². The van der Waals surface area contributed by atoms with Gasteiger partial charge in [-0.3, -0.25) is 19.5 Å². The third kappa shape index (κ3) is 3.75. The predicted molar refractivity (Wildman–Crippen MR) is 124 cm³/mol. The number of nitrogens with zero attached hydrogens (tertiary/aromatic N) is 6. The summed E-state index contributed by atoms with van der Waals surface area (Å²) in [6.45, 7) is 8.09. The predicted octanol–water partition coefficient (Wildman–Crippen LogP) is 0.827. The molecular formula is C23H27N7O3. The van der Waals surface area contributed by atoms with E-state index in [-0.39, 0.29) is 24.7 Å². The average Bonchev–Trinajstić information content (AvgIpc) is 3.13. The number of nitrogens with one attached hydrogen (secondary N) is 1. The average molecular weight is 450 g/mol. The highest BCUT2D eigenvalue weighted by Gasteiger charge is 2.33. The normalized spacial score (nSPS) is 16.2. The fraction of sp³-hybridized carbons (Fsp3) is 0.391. The summed E-state index contributed by atoms with van der Waals surface area (Å²) in [6.07, 6.45) is 1.65. The highest BCUT2D eigenvalue weighted by molar-refractivity contribution is 6.06. The lowest BCUT2D eigenvalue weighted by Gasteiger charge is -2.35. The summed E-state index contributed by atoms with van der Waals surface area (Å²) in [4.78, 5) is 37.0. The number of pyridine rings is 1. The summed E-state index contributed by atoms with van der Waals surface area (Å²) in [5, 5.41) is 16.0. The van der Waals surface area contributed by atoms with Gasteiger partial charge >= 0.3 is 5.69 Å². The molecule has 2 aromatic heterocycles. The number of amides is 1. The van der Waals surface area contributed by atoms with Gasteiger partial charge in [-0.05, 0) is 49.2 Å². The molecule has 172 valence electrons. The third-order valence-electron chi connectivity index (χ3n) is 6.47. The number of fused-ring (bicyclic) bond motifs is 5. The van der Waals surface area contributed by atoms with E-state index >= 15 is 0 Å². The van der Waals surface area contributed by atoms with Gasteiger partial charge in [0.1, 0.15) is 0 Å². The Kier molecular flexibility index (Phi) is 5.57. The van der Waals surface area contributed by atoms with Crippen LogP contribution in [0.3, 0.4) is 0 Å². The zero-order chi connectivity index (χ0) is 23.1. The first-order chi connectivity index (χ1) is 16.0. The minimum absolute atomic E-state index is 0.114. The zero-order valence-corrected chi connectivity index (χ0v) is 18.8. The number of hydrogen-bond acceptors (Lipinski definition) is 7. The van der Waals surface area contributed by atoms with Crippen molar-refractivity contribution in [3.05, 3.63) is 52.1 Å². The molecule has 2 N–H and O–H groups in total. The van der Waals surface area contributed by atoms with E-state index in [1.807, 2.05) is 32.0 Å². The monoisotopic (exact) mass is 449 g/mol. The van der Waals surface area contributed by atoms with E-state index in [2.05, 4.69) is 25.0 Å². The van der Waals surface area contributed by atoms with Gasteiger partial charge in [0.05, 0.1) is 30.1 Å². The van der Waals surface area contributed by atoms with Gasteiger partial charge in [0.2, 0.25) is 5.91 Å². The number of aliphatic hydroxyl groups excluding tert-OH is 1. The molecule has 1 fully saturated rings. The highest BCUT2D eigenvalue weighted by Crippen LogP contribution is 2.41. The number of anilines is 2. The van der Waals surface area contributed by atoms with Gasteiger partial charge in [-0.15, -0.1) is 0 Å². The molecule has 0 unspecified atom stereocenters. The lowest BCUT2D eigenvalue weighted by atomic mass is 10.1. The van der Waals surface area contributed by atoms with Crippen molar-refractivity contribution in [2.24, 2.45) is 0 Å². The summed E-state index contributed by atoms with van der Waals surface area (Å²) >= 11 is 0. The Morgan fingerprint density at radius 1 is 1.09 bits per heavy atom. The molecule has 5 rings (SSSR count). The number of rotatable bonds is 4. The molecule has 1 aromatic carbocycles. The molecule has 0 spiro atoms. The molecule has 33 heavy (non-hydrogen) atoms. The molecule has 2 aliphatic rings. The van der Waals surface area contributed by atoms with Gasteiger partial charge in [-0.1, -0.05) is 0 Å². The number of aromatic amines is 1. The fourth-order valence-corrected chi connectivity index (χ4v) is 4.54. The highest BCUT2D eigenvalue weighted by atomic mass is 16.3. The number of piperazine rings is 1. The second-order valence-electron chi connectivity index (χ2n) is 8.56. The van der Waals surface area contributed by atoms with Gasteiger partial charge in [0.25, 0.3) is 0 Å². The SMILES string of the molecule is Cc1cc2c(cc1C)-n1c(n[nH]c1=O)-c1cccnc1N2C(=O)CN1CCN(CCO)CC1. The van der Waals surface area contributed by atoms with Crippen LogP contribution in [0.5, 0.6) is 0 Å². The lowest BCUT2D eigenvalue weighted by Crippen LogP contribution is -2.50. The van der Waals surface area contributed by atoms with E-state index in [4.69, 9.17) is 0 Å². The van der Waals surface area contributed by atoms with Crippen molar-refractivity contribution in [1.29, 1.82) is 0 Å². The Hall–Kier alpha value is -3.34. The van der Waals surface area contributed by atoms with Crippen LogP contribution in [0.2, 0.25) is 0 Å². The number of aromatic nitrogens is 4. The number of hydrogen-bond donors (Lipinski definition) is 2. The van der Waals surface area contributed by atoms with Crippen molar-refractivity contribution in [3.63, 3.8) is 0 Å². The molecule has 10 nitrogen and oxygen atoms in total. The fourth-order valence-electron chi connectivity index (χ4n) is 4.54. The van der Waals surface area contributed by atoms with Gasteiger partial charge in [0, 0.05) is 38.9 Å². The summed E-state index contributed by atoms with van der Waals surface area (Å²) in [5.41, 5.74) is 3.50. The Morgan fingerprint density at radius 2 is 1.79 bits per heavy atom. The third-order valence-corrected chi connectivity index (χ3v) is 6.47. The van der Waals surface area contributed by atoms with Gasteiger partial charge in [-0.2, -0.15) is 5.10 Å². The van der Waals surface area contributed by atoms with E-state index in [9.17, 15) is 14.7 Å². The van der Waals surface area contributed by atoms with E-state index in [0.29, 0.717) is 35.1 Å². The molecule has 3 aromatic rings. The van der Waals surface area contributed by atoms with Crippen LogP contribution in [0.15, 0.2) is 35.3 Å². The van der Waals surface area contributed by atoms with Gasteiger partial charge in [-0.25, -0.2) is 19.4 Å². The topological polar surface area (TPSA) is 111 Å². The molecule has 2 aliphatic heterocycles. The quantitative estimate of drug-likeness (QED) is 0.607. The van der Waals surface area contributed by atoms with E-state index in [1.165, 1.54) is 4.57 Å². The Labute approximate surface area is 191 Å². The maximum Gasteiger partial charge on any atom is 0.348 e. The van der Waals surface area contributed by atoms with Crippen LogP contribution in [0.4, 0.5) is 11.5 Å². The molecular weight excluding hydrogens is 422 g/mol. The number of aliphatic hydroxyl groups is 1. The number of β-amino-alcohol motifs (C(OH)–C–C–N with tert-alkyl or cyclic N) is 1. The van der Waals surface area contributed by atoms with Gasteiger partial charge in [0.15, 0.2) is 11.6 Å². The van der Waals surface area contributed by atoms with Crippen LogP contribution in [-0.2, 0) is 4.79 Å². The largest absolute Gasteiger partial charge is 0.395 e. The Bertz CT molecular complexity index is 1260. The van der Waals surface area contributed by atoms with Crippen molar-refractivity contribution >= 4 is 17.4 Å². The molecule has 4 heterocycles. The number of H-pyrrole nitrogens is 1. The number of carbonyl (C=O) groups excluding carboxylic acids is 1. The van der Waals surface area contributed by atoms with Gasteiger partial charge < -0.3 is 5.11 Å². The first-order valence-electron chi connectivity index (χ1n) is 11.1. The molecule has 0 aliphatic carbocycles. The lowest BCUT2D eigenvalue weighted by molar-refractivity contribution is -0.119. The second kappa shape index (κ2) is 8.54. The molecule has 0 bridgehead atoms. The summed E-state index contributed by atoms with van der Waals surface area (Å²) in [5.74, 6) is 0.779. The summed E-state index contributed by atoms with van der Waals surface area (Å²) in [7, 11) is 0. The van der Waals surface area contributed by atoms with E-state index < -0.39 is 0 Å². The minimum atomic E-state index is -0.362. The molecule has 0 atom stereocenters. The maximum atomic E-state index is 13.8. The minimum Gasteiger partial charge on any atom is -0.395 e. The number of benzene rings is 1. The Morgan fingerprint density at radius 3 is 2.52 bits per heavy atom. The van der Waals surface area contributed by atoms with Crippen molar-refractivity contribution in [1.82, 2.24) is 29.5 Å². The second-order valence-corrected chi connectivity index (χ2v) is 8.56. The molecule has 10 heteroatoms. The van der Waals surface area contributed by atoms with E-state index in [1.54, 1.807) is 17.2 Å². The molecule has 0 saturated carbocycles. The van der Waals surface area contributed by atoms with Crippen LogP contribution < -0.4 is 10.6 Å². The summed E-state index contributed by atoms with van der Waals surface area (Å²) < 4.78 is 1.52. The molecule has 1 amide bonds. The van der Waals surface area contributed by atoms with Crippen molar-refractivity contribution < 1.29 is 9.90 Å². The molecule has 0 radical (unpaired) electrons. The molecule has 1 saturated heterocycles. The summed E-state index contributed by atoms with van der Waals surface area (Å²) in [6, 6.07) is 7.46. The maximum absolute atomic E-state index is 13.8. The number of carbonyl (C=O) groups is 1. The van der Waals surface area contributed by atoms with Crippen LogP contribution in [0, 0.1) is 13.8 Å². The Balaban J connectivity index is 1.58. The number of aryl methyl sites for hydroxylation is 2. The van der Waals surface area contributed by atoms with E-state index in [0.717, 1.165) is 37.3 Å². The van der Waals surface area contributed by atoms with Crippen LogP contribution in [-0.4, -0.2) is 86.4 Å². The first kappa shape index (κ1) is 21.5. The van der Waals surface area contributed by atoms with Crippen LogP contribution in [0.25, 0.3) is 17.1 Å². The van der Waals surface area contributed by atoms with Crippen molar-refractivity contribution in [2.45, 2.75) is 13.8 Å². The standard InChI is InChI=1S/C23H27N7O3/c1-15-12-18-19(13-16(15)2)30-22(25-26-23(30)33)17-4-3-5-24-21(17)29(18)20(32)14-28-8-6-27(7-9-28)10-11-31/h3-5,12-13,31H,6-11,14H2,1-2H3,(H,26,33). The van der Waals surface area contributed by atoms with Crippen molar-refractivity contribution in [2.75, 3.05) is 50.8 Å². The van der Waals surface area contributed by atoms with Crippen LogP contribution in [0.1, 0.15) is 11.1 Å². The van der Waals surface area contributed by atoms with Crippen molar-refractivity contribution in [3.8, 4) is 17.1 Å².